The quantitative estimate of drug-likeness (QED) is 0.271. The highest BCUT2D eigenvalue weighted by Gasteiger charge is 2.47. The number of methoxy groups -OCH3 is 1. The van der Waals surface area contributed by atoms with Crippen LogP contribution in [0.25, 0.3) is 11.0 Å². The zero-order chi connectivity index (χ0) is 30.3. The molecule has 1 saturated carbocycles. The third-order valence-corrected chi connectivity index (χ3v) is 8.39. The van der Waals surface area contributed by atoms with Gasteiger partial charge >= 0.3 is 0 Å². The summed E-state index contributed by atoms with van der Waals surface area (Å²) in [6.07, 6.45) is 7.02. The number of aryl methyl sites for hydroxylation is 1. The number of ether oxygens (including phenoxy) is 1. The monoisotopic (exact) mass is 583 g/mol. The number of hydrogen-bond donors (Lipinski definition) is 1. The van der Waals surface area contributed by atoms with E-state index >= 15 is 0 Å². The molecule has 1 aliphatic heterocycles. The van der Waals surface area contributed by atoms with Gasteiger partial charge in [0.05, 0.1) is 35.3 Å². The summed E-state index contributed by atoms with van der Waals surface area (Å²) in [5.74, 6) is -0.474. The van der Waals surface area contributed by atoms with Gasteiger partial charge in [0.25, 0.3) is 5.56 Å². The van der Waals surface area contributed by atoms with E-state index in [1.807, 2.05) is 48.4 Å². The molecule has 224 valence electrons. The van der Waals surface area contributed by atoms with E-state index in [0.29, 0.717) is 49.4 Å². The molecule has 3 aromatic heterocycles. The van der Waals surface area contributed by atoms with Gasteiger partial charge in [0.15, 0.2) is 0 Å². The first-order valence-corrected chi connectivity index (χ1v) is 14.7. The van der Waals surface area contributed by atoms with Crippen LogP contribution < -0.4 is 15.8 Å². The Hall–Kier alpha value is -4.28. The molecular formula is C33H37N5O5. The number of aromatic nitrogens is 2. The fourth-order valence-corrected chi connectivity index (χ4v) is 5.77. The fraction of sp³-hybridized carbons (Fsp3) is 0.394. The smallest absolute Gasteiger partial charge is 0.261 e. The third kappa shape index (κ3) is 5.60. The first-order valence-electron chi connectivity index (χ1n) is 14.7. The van der Waals surface area contributed by atoms with Crippen molar-refractivity contribution >= 4 is 34.2 Å². The average Bonchev–Trinajstić information content (AvgIpc) is 3.70. The minimum Gasteiger partial charge on any atom is -0.464 e. The second kappa shape index (κ2) is 11.4. The van der Waals surface area contributed by atoms with Gasteiger partial charge in [0, 0.05) is 57.3 Å². The van der Waals surface area contributed by atoms with E-state index in [9.17, 15) is 14.4 Å². The highest BCUT2D eigenvalue weighted by molar-refractivity contribution is 6.19. The van der Waals surface area contributed by atoms with Gasteiger partial charge in [-0.2, -0.15) is 0 Å². The molecule has 1 aromatic carbocycles. The molecule has 0 radical (unpaired) electrons. The summed E-state index contributed by atoms with van der Waals surface area (Å²) in [4.78, 5) is 48.3. The lowest BCUT2D eigenvalue weighted by Gasteiger charge is -2.28. The zero-order valence-corrected chi connectivity index (χ0v) is 25.1. The summed E-state index contributed by atoms with van der Waals surface area (Å²) in [6, 6.07) is 11.7. The molecule has 2 aliphatic rings. The van der Waals surface area contributed by atoms with Gasteiger partial charge < -0.3 is 23.9 Å². The Morgan fingerprint density at radius 2 is 1.95 bits per heavy atom. The van der Waals surface area contributed by atoms with Gasteiger partial charge in [-0.25, -0.2) is 0 Å². The average molecular weight is 584 g/mol. The standard InChI is InChI=1S/C33H37N5O5/c1-21-17-37(30(39)25-11-15-43-29(21)25)14-13-36(19-23-6-5-12-34-27(23)20-42-4)18-22-7-10-28-26(16-22)35-31(40)33(2,3)32(41)38(28)24-8-9-24/h5-7,10-12,15-17,24H,8-9,13-14,18-20H2,1-4H3,(H,35,40). The number of nitrogens with zero attached hydrogens (tertiary/aromatic N) is 4. The maximum absolute atomic E-state index is 13.4. The lowest BCUT2D eigenvalue weighted by atomic mass is 9.90. The number of pyridine rings is 2. The Balaban J connectivity index is 1.31. The van der Waals surface area contributed by atoms with E-state index in [-0.39, 0.29) is 23.4 Å². The van der Waals surface area contributed by atoms with Crippen molar-refractivity contribution in [1.29, 1.82) is 0 Å². The number of rotatable bonds is 10. The van der Waals surface area contributed by atoms with Gasteiger partial charge in [0.2, 0.25) is 11.8 Å². The molecule has 4 aromatic rings. The molecule has 1 aliphatic carbocycles. The van der Waals surface area contributed by atoms with Crippen LogP contribution in [-0.2, 0) is 40.6 Å². The van der Waals surface area contributed by atoms with Crippen molar-refractivity contribution in [2.75, 3.05) is 23.9 Å². The van der Waals surface area contributed by atoms with Crippen LogP contribution in [0.15, 0.2) is 64.3 Å². The van der Waals surface area contributed by atoms with E-state index in [1.165, 1.54) is 0 Å². The van der Waals surface area contributed by atoms with Crippen molar-refractivity contribution in [1.82, 2.24) is 14.5 Å². The van der Waals surface area contributed by atoms with Gasteiger partial charge in [0.1, 0.15) is 11.0 Å². The summed E-state index contributed by atoms with van der Waals surface area (Å²) < 4.78 is 12.6. The lowest BCUT2D eigenvalue weighted by molar-refractivity contribution is -0.136. The molecule has 0 unspecified atom stereocenters. The normalized spacial score (nSPS) is 16.4. The van der Waals surface area contributed by atoms with E-state index in [4.69, 9.17) is 9.15 Å². The predicted octanol–water partition coefficient (Wildman–Crippen LogP) is 4.62. The zero-order valence-electron chi connectivity index (χ0n) is 25.1. The van der Waals surface area contributed by atoms with Crippen molar-refractivity contribution in [2.45, 2.75) is 65.9 Å². The van der Waals surface area contributed by atoms with Crippen molar-refractivity contribution in [3.8, 4) is 0 Å². The van der Waals surface area contributed by atoms with E-state index in [0.717, 1.165) is 40.9 Å². The molecule has 0 atom stereocenters. The maximum atomic E-state index is 13.4. The molecule has 0 spiro atoms. The van der Waals surface area contributed by atoms with Crippen molar-refractivity contribution in [3.05, 3.63) is 87.8 Å². The number of fused-ring (bicyclic) bond motifs is 2. The van der Waals surface area contributed by atoms with Crippen molar-refractivity contribution in [3.63, 3.8) is 0 Å². The van der Waals surface area contributed by atoms with Crippen LogP contribution in [0.5, 0.6) is 0 Å². The Morgan fingerprint density at radius 1 is 1.14 bits per heavy atom. The first-order chi connectivity index (χ1) is 20.7. The van der Waals surface area contributed by atoms with Crippen LogP contribution in [0.4, 0.5) is 11.4 Å². The Bertz CT molecular complexity index is 1750. The Labute approximate surface area is 250 Å². The Morgan fingerprint density at radius 3 is 2.72 bits per heavy atom. The van der Waals surface area contributed by atoms with Crippen molar-refractivity contribution in [2.24, 2.45) is 5.41 Å². The number of nitrogens with one attached hydrogen (secondary N) is 1. The van der Waals surface area contributed by atoms with Gasteiger partial charge in [-0.05, 0) is 69.0 Å². The van der Waals surface area contributed by atoms with Gasteiger partial charge in [-0.1, -0.05) is 12.1 Å². The van der Waals surface area contributed by atoms with Gasteiger partial charge in [-0.15, -0.1) is 0 Å². The number of furan rings is 1. The molecule has 0 saturated heterocycles. The van der Waals surface area contributed by atoms with Crippen LogP contribution in [0.1, 0.15) is 49.1 Å². The molecule has 2 amide bonds. The molecule has 10 heteroatoms. The SMILES string of the molecule is COCc1ncccc1CN(CCn1cc(C)c2occc2c1=O)Cc1ccc2c(c1)NC(=O)C(C)(C)C(=O)N2C1CC1. The number of carbonyl (C=O) groups is 2. The van der Waals surface area contributed by atoms with Crippen molar-refractivity contribution < 1.29 is 18.7 Å². The molecule has 1 N–H and O–H groups in total. The van der Waals surface area contributed by atoms with Crippen LogP contribution in [0, 0.1) is 12.3 Å². The van der Waals surface area contributed by atoms with Gasteiger partial charge in [-0.3, -0.25) is 24.3 Å². The third-order valence-electron chi connectivity index (χ3n) is 8.39. The second-order valence-corrected chi connectivity index (χ2v) is 12.1. The predicted molar refractivity (Wildman–Crippen MR) is 164 cm³/mol. The number of amides is 2. The number of carbonyl (C=O) groups excluding carboxylic acids is 2. The highest BCUT2D eigenvalue weighted by Crippen LogP contribution is 2.42. The summed E-state index contributed by atoms with van der Waals surface area (Å²) >= 11 is 0. The molecule has 4 heterocycles. The maximum Gasteiger partial charge on any atom is 0.261 e. The molecular weight excluding hydrogens is 546 g/mol. The molecule has 10 nitrogen and oxygen atoms in total. The topological polar surface area (TPSA) is 110 Å². The summed E-state index contributed by atoms with van der Waals surface area (Å²) in [5.41, 5.74) is 4.54. The summed E-state index contributed by atoms with van der Waals surface area (Å²) in [7, 11) is 1.65. The van der Waals surface area contributed by atoms with E-state index in [1.54, 1.807) is 44.1 Å². The van der Waals surface area contributed by atoms with E-state index in [2.05, 4.69) is 15.2 Å². The summed E-state index contributed by atoms with van der Waals surface area (Å²) in [6.45, 7) is 7.88. The first kappa shape index (κ1) is 28.8. The minimum atomic E-state index is -1.16. The summed E-state index contributed by atoms with van der Waals surface area (Å²) in [5, 5.41) is 3.60. The molecule has 0 bridgehead atoms. The highest BCUT2D eigenvalue weighted by atomic mass is 16.5. The minimum absolute atomic E-state index is 0.0871. The number of benzene rings is 1. The van der Waals surface area contributed by atoms with Crippen LogP contribution in [0.2, 0.25) is 0 Å². The largest absolute Gasteiger partial charge is 0.464 e. The van der Waals surface area contributed by atoms with E-state index < -0.39 is 5.41 Å². The van der Waals surface area contributed by atoms with Crippen LogP contribution in [-0.4, -0.2) is 46.0 Å². The Kier molecular flexibility index (Phi) is 7.66. The second-order valence-electron chi connectivity index (χ2n) is 12.1. The molecule has 43 heavy (non-hydrogen) atoms. The number of hydrogen-bond acceptors (Lipinski definition) is 7. The van der Waals surface area contributed by atoms with Crippen LogP contribution >= 0.6 is 0 Å². The molecule has 6 rings (SSSR count). The fourth-order valence-electron chi connectivity index (χ4n) is 5.77. The number of anilines is 2. The molecule has 1 fully saturated rings. The lowest BCUT2D eigenvalue weighted by Crippen LogP contribution is -2.46. The van der Waals surface area contributed by atoms with Crippen LogP contribution in [0.3, 0.4) is 0 Å².